The molecular formula is C9H13FN2O. The van der Waals surface area contributed by atoms with Crippen LogP contribution in [0.4, 0.5) is 10.1 Å². The van der Waals surface area contributed by atoms with Crippen molar-refractivity contribution in [3.05, 3.63) is 23.5 Å². The molecule has 0 aliphatic heterocycles. The Morgan fingerprint density at radius 3 is 2.62 bits per heavy atom. The number of halogens is 1. The van der Waals surface area contributed by atoms with Gasteiger partial charge in [-0.2, -0.15) is 0 Å². The smallest absolute Gasteiger partial charge is 0.150 e. The van der Waals surface area contributed by atoms with Crippen molar-refractivity contribution in [2.75, 3.05) is 5.73 Å². The van der Waals surface area contributed by atoms with E-state index < -0.39 is 5.82 Å². The van der Waals surface area contributed by atoms with Gasteiger partial charge in [-0.15, -0.1) is 0 Å². The lowest BCUT2D eigenvalue weighted by Crippen LogP contribution is -2.09. The number of benzene rings is 1. The Kier molecular flexibility index (Phi) is 2.72. The molecule has 0 radical (unpaired) electrons. The Morgan fingerprint density at radius 1 is 1.54 bits per heavy atom. The number of hydrogen-bond acceptors (Lipinski definition) is 3. The van der Waals surface area contributed by atoms with Crippen LogP contribution < -0.4 is 11.5 Å². The molecule has 0 spiro atoms. The molecule has 13 heavy (non-hydrogen) atoms. The van der Waals surface area contributed by atoms with Crippen molar-refractivity contribution in [3.63, 3.8) is 0 Å². The molecule has 0 saturated carbocycles. The van der Waals surface area contributed by atoms with Crippen molar-refractivity contribution in [1.29, 1.82) is 0 Å². The van der Waals surface area contributed by atoms with E-state index in [1.54, 1.807) is 0 Å². The van der Waals surface area contributed by atoms with Gasteiger partial charge in [-0.05, 0) is 24.1 Å². The maximum absolute atomic E-state index is 13.0. The maximum atomic E-state index is 13.0. The number of nitrogens with two attached hydrogens (primary N) is 2. The van der Waals surface area contributed by atoms with Gasteiger partial charge in [0.25, 0.3) is 0 Å². The molecule has 0 fully saturated rings. The molecule has 0 aliphatic carbocycles. The zero-order valence-corrected chi connectivity index (χ0v) is 7.42. The number of hydrogen-bond donors (Lipinski definition) is 3. The Morgan fingerprint density at radius 2 is 2.15 bits per heavy atom. The first-order valence-corrected chi connectivity index (χ1v) is 4.09. The van der Waals surface area contributed by atoms with Gasteiger partial charge >= 0.3 is 0 Å². The number of aromatic hydroxyl groups is 1. The number of phenols is 1. The van der Waals surface area contributed by atoms with Crippen molar-refractivity contribution in [1.82, 2.24) is 0 Å². The lowest BCUT2D eigenvalue weighted by Gasteiger charge is -2.10. The van der Waals surface area contributed by atoms with Crippen LogP contribution in [0.1, 0.15) is 24.9 Å². The average Bonchev–Trinajstić information content (AvgIpc) is 2.12. The van der Waals surface area contributed by atoms with E-state index in [2.05, 4.69) is 0 Å². The van der Waals surface area contributed by atoms with Crippen molar-refractivity contribution in [2.24, 2.45) is 5.73 Å². The van der Waals surface area contributed by atoms with E-state index in [9.17, 15) is 9.50 Å². The lowest BCUT2D eigenvalue weighted by molar-refractivity contribution is 0.470. The number of rotatable bonds is 2. The molecule has 1 aromatic rings. The highest BCUT2D eigenvalue weighted by Gasteiger charge is 2.10. The van der Waals surface area contributed by atoms with Crippen LogP contribution in [0.15, 0.2) is 12.1 Å². The van der Waals surface area contributed by atoms with Gasteiger partial charge in [-0.1, -0.05) is 6.92 Å². The second kappa shape index (κ2) is 3.62. The number of phenolic OH excluding ortho intramolecular Hbond substituents is 1. The Labute approximate surface area is 76.2 Å². The van der Waals surface area contributed by atoms with Gasteiger partial charge in [0.05, 0.1) is 0 Å². The van der Waals surface area contributed by atoms with Crippen LogP contribution in [0.5, 0.6) is 5.75 Å². The summed E-state index contributed by atoms with van der Waals surface area (Å²) in [5.74, 6) is -0.877. The van der Waals surface area contributed by atoms with Gasteiger partial charge in [-0.3, -0.25) is 0 Å². The van der Waals surface area contributed by atoms with Crippen molar-refractivity contribution in [2.45, 2.75) is 19.4 Å². The van der Waals surface area contributed by atoms with E-state index in [1.165, 1.54) is 12.1 Å². The molecule has 0 bridgehead atoms. The summed E-state index contributed by atoms with van der Waals surface area (Å²) in [6, 6.07) is 2.39. The third-order valence-electron chi connectivity index (χ3n) is 2.00. The van der Waals surface area contributed by atoms with E-state index in [-0.39, 0.29) is 17.5 Å². The van der Waals surface area contributed by atoms with Crippen LogP contribution in [-0.2, 0) is 0 Å². The van der Waals surface area contributed by atoms with Crippen LogP contribution in [0.3, 0.4) is 0 Å². The molecule has 0 saturated heterocycles. The Balaban J connectivity index is 3.13. The van der Waals surface area contributed by atoms with Gasteiger partial charge in [0, 0.05) is 6.04 Å². The maximum Gasteiger partial charge on any atom is 0.150 e. The van der Waals surface area contributed by atoms with E-state index in [0.717, 1.165) is 0 Å². The molecule has 0 heterocycles. The second-order valence-corrected chi connectivity index (χ2v) is 2.95. The predicted molar refractivity (Wildman–Crippen MR) is 49.7 cm³/mol. The summed E-state index contributed by atoms with van der Waals surface area (Å²) < 4.78 is 13.0. The van der Waals surface area contributed by atoms with Crippen molar-refractivity contribution < 1.29 is 9.50 Å². The minimum Gasteiger partial charge on any atom is -0.506 e. The van der Waals surface area contributed by atoms with Gasteiger partial charge in [0.1, 0.15) is 17.3 Å². The molecule has 5 N–H and O–H groups in total. The third-order valence-corrected chi connectivity index (χ3v) is 2.00. The normalized spacial score (nSPS) is 12.8. The van der Waals surface area contributed by atoms with Crippen molar-refractivity contribution >= 4 is 5.69 Å². The van der Waals surface area contributed by atoms with Crippen LogP contribution in [0, 0.1) is 5.82 Å². The minimum atomic E-state index is -0.626. The molecule has 0 aliphatic rings. The summed E-state index contributed by atoms with van der Waals surface area (Å²) in [7, 11) is 0. The zero-order valence-electron chi connectivity index (χ0n) is 7.42. The molecule has 1 aromatic carbocycles. The quantitative estimate of drug-likeness (QED) is 0.482. The van der Waals surface area contributed by atoms with E-state index >= 15 is 0 Å². The standard InChI is InChI=1S/C9H13FN2O/c1-2-7(11)5-3-6(10)9(12)8(13)4-5/h3-4,7,13H,2,11-12H2,1H3/t7-/m1/s1. The molecule has 0 aromatic heterocycles. The fourth-order valence-electron chi connectivity index (χ4n) is 1.07. The largest absolute Gasteiger partial charge is 0.506 e. The van der Waals surface area contributed by atoms with E-state index in [4.69, 9.17) is 11.5 Å². The highest BCUT2D eigenvalue weighted by atomic mass is 19.1. The summed E-state index contributed by atoms with van der Waals surface area (Å²) in [5.41, 5.74) is 11.2. The fourth-order valence-corrected chi connectivity index (χ4v) is 1.07. The summed E-state index contributed by atoms with van der Waals surface area (Å²) in [5, 5.41) is 9.20. The summed E-state index contributed by atoms with van der Waals surface area (Å²) in [6.45, 7) is 1.88. The highest BCUT2D eigenvalue weighted by molar-refractivity contribution is 5.54. The van der Waals surface area contributed by atoms with Gasteiger partial charge < -0.3 is 16.6 Å². The van der Waals surface area contributed by atoms with Gasteiger partial charge in [-0.25, -0.2) is 4.39 Å². The van der Waals surface area contributed by atoms with Gasteiger partial charge in [0.2, 0.25) is 0 Å². The molecule has 72 valence electrons. The second-order valence-electron chi connectivity index (χ2n) is 2.95. The number of anilines is 1. The first-order chi connectivity index (χ1) is 6.06. The van der Waals surface area contributed by atoms with E-state index in [1.807, 2.05) is 6.92 Å². The molecule has 3 nitrogen and oxygen atoms in total. The Bertz CT molecular complexity index is 291. The molecule has 4 heteroatoms. The lowest BCUT2D eigenvalue weighted by atomic mass is 10.0. The van der Waals surface area contributed by atoms with Crippen LogP contribution >= 0.6 is 0 Å². The molecule has 1 rings (SSSR count). The van der Waals surface area contributed by atoms with Crippen molar-refractivity contribution in [3.8, 4) is 5.75 Å². The zero-order chi connectivity index (χ0) is 10.0. The highest BCUT2D eigenvalue weighted by Crippen LogP contribution is 2.27. The van der Waals surface area contributed by atoms with Crippen LogP contribution in [0.25, 0.3) is 0 Å². The molecular weight excluding hydrogens is 171 g/mol. The fraction of sp³-hybridized carbons (Fsp3) is 0.333. The molecule has 0 amide bonds. The predicted octanol–water partition coefficient (Wildman–Crippen LogP) is 1.52. The monoisotopic (exact) mass is 184 g/mol. The first-order valence-electron chi connectivity index (χ1n) is 4.09. The summed E-state index contributed by atoms with van der Waals surface area (Å²) in [4.78, 5) is 0. The summed E-state index contributed by atoms with van der Waals surface area (Å²) in [6.07, 6.45) is 0.683. The minimum absolute atomic E-state index is 0.230. The first kappa shape index (κ1) is 9.80. The third kappa shape index (κ3) is 1.89. The van der Waals surface area contributed by atoms with Crippen LogP contribution in [0.2, 0.25) is 0 Å². The van der Waals surface area contributed by atoms with Crippen LogP contribution in [-0.4, -0.2) is 5.11 Å². The topological polar surface area (TPSA) is 72.3 Å². The Hall–Kier alpha value is -1.29. The molecule has 0 unspecified atom stereocenters. The number of nitrogen functional groups attached to an aromatic ring is 1. The molecule has 1 atom stereocenters. The average molecular weight is 184 g/mol. The van der Waals surface area contributed by atoms with E-state index in [0.29, 0.717) is 12.0 Å². The SMILES string of the molecule is CC[C@@H](N)c1cc(O)c(N)c(F)c1. The summed E-state index contributed by atoms with van der Waals surface area (Å²) >= 11 is 0. The van der Waals surface area contributed by atoms with Gasteiger partial charge in [0.15, 0.2) is 0 Å².